The molecule has 1 unspecified atom stereocenters. The number of halogens is 2. The molecule has 14 heteroatoms. The van der Waals surface area contributed by atoms with E-state index in [0.717, 1.165) is 17.0 Å². The van der Waals surface area contributed by atoms with Crippen molar-refractivity contribution in [2.24, 2.45) is 0 Å². The highest BCUT2D eigenvalue weighted by Gasteiger charge is 2.37. The average Bonchev–Trinajstić information content (AvgIpc) is 3.50. The molecule has 2 aromatic heterocycles. The van der Waals surface area contributed by atoms with Gasteiger partial charge < -0.3 is 9.08 Å². The summed E-state index contributed by atoms with van der Waals surface area (Å²) in [5.41, 5.74) is 2.00. The molecule has 0 aliphatic heterocycles. The first-order valence-electron chi connectivity index (χ1n) is 10.7. The quantitative estimate of drug-likeness (QED) is 0.103. The zero-order valence-corrected chi connectivity index (χ0v) is 21.9. The number of thiophene rings is 1. The number of anilines is 1. The summed E-state index contributed by atoms with van der Waals surface area (Å²) in [5.74, 6) is 0.880. The number of fused-ring (bicyclic) bond motifs is 1. The molecule has 0 aliphatic rings. The second kappa shape index (κ2) is 11.4. The number of benzene rings is 2. The van der Waals surface area contributed by atoms with E-state index in [1.165, 1.54) is 28.3 Å². The molecule has 0 amide bonds. The highest BCUT2D eigenvalue weighted by Crippen LogP contribution is 2.37. The zero-order chi connectivity index (χ0) is 25.7. The van der Waals surface area contributed by atoms with Gasteiger partial charge in [0.1, 0.15) is 16.5 Å². The Morgan fingerprint density at radius 1 is 1.08 bits per heavy atom. The van der Waals surface area contributed by atoms with Crippen molar-refractivity contribution in [3.63, 3.8) is 0 Å². The molecule has 1 atom stereocenters. The highest BCUT2D eigenvalue weighted by molar-refractivity contribution is 7.87. The summed E-state index contributed by atoms with van der Waals surface area (Å²) in [5, 5.41) is 19.5. The maximum atomic E-state index is 13.5. The number of para-hydroxylation sites is 1. The summed E-state index contributed by atoms with van der Waals surface area (Å²) >= 11 is 12.6. The van der Waals surface area contributed by atoms with Gasteiger partial charge in [-0.15, -0.1) is 28.3 Å². The van der Waals surface area contributed by atoms with Gasteiger partial charge in [-0.2, -0.15) is 8.42 Å². The molecule has 0 bridgehead atoms. The normalized spacial score (nSPS) is 12.5. The molecule has 4 aromatic rings. The number of nitrogens with zero attached hydrogens (tertiary/aromatic N) is 5. The minimum Gasteiger partial charge on any atom is -0.382 e. The number of alkyl halides is 2. The predicted octanol–water partition coefficient (Wildman–Crippen LogP) is 4.84. The van der Waals surface area contributed by atoms with Crippen molar-refractivity contribution in [1.29, 1.82) is 0 Å². The summed E-state index contributed by atoms with van der Waals surface area (Å²) in [6.45, 7) is 0.919. The number of rotatable bonds is 12. The summed E-state index contributed by atoms with van der Waals surface area (Å²) < 4.78 is 33.9. The standard InChI is InChI=1S/C22H21Cl2N5O5S2/c23-10-12-27(13-11-24)16-5-7-17(8-6-16)34-36(32,33)21(18-9-14-35-22(18)29(30)31)15-28-20-4-2-1-3-19(20)25-26-28/h1-9,14,21H,10-13,15H2. The van der Waals surface area contributed by atoms with Gasteiger partial charge in [0.15, 0.2) is 0 Å². The fourth-order valence-corrected chi connectivity index (χ4v) is 6.32. The second-order valence-electron chi connectivity index (χ2n) is 7.62. The highest BCUT2D eigenvalue weighted by atomic mass is 35.5. The number of nitro groups is 1. The first-order valence-corrected chi connectivity index (χ1v) is 14.2. The molecule has 2 aromatic carbocycles. The molecule has 0 N–H and O–H groups in total. The van der Waals surface area contributed by atoms with Gasteiger partial charge >= 0.3 is 15.1 Å². The average molecular weight is 570 g/mol. The lowest BCUT2D eigenvalue weighted by molar-refractivity contribution is -0.380. The van der Waals surface area contributed by atoms with Gasteiger partial charge in [0.25, 0.3) is 0 Å². The summed E-state index contributed by atoms with van der Waals surface area (Å²) in [6, 6.07) is 14.9. The molecule has 190 valence electrons. The van der Waals surface area contributed by atoms with E-state index in [-0.39, 0.29) is 22.9 Å². The molecule has 0 radical (unpaired) electrons. The van der Waals surface area contributed by atoms with Gasteiger partial charge in [0.05, 0.1) is 22.5 Å². The first kappa shape index (κ1) is 26.1. The Kier molecular flexibility index (Phi) is 8.29. The van der Waals surface area contributed by atoms with Crippen LogP contribution in [0.15, 0.2) is 60.0 Å². The van der Waals surface area contributed by atoms with Gasteiger partial charge in [0, 0.05) is 30.5 Å². The second-order valence-corrected chi connectivity index (χ2v) is 11.0. The minimum absolute atomic E-state index is 0.0246. The molecule has 0 saturated heterocycles. The SMILES string of the molecule is O=[N+]([O-])c1sccc1C(Cn1nnc2ccccc21)S(=O)(=O)Oc1ccc(N(CCCl)CCCl)cc1. The zero-order valence-electron chi connectivity index (χ0n) is 18.7. The van der Waals surface area contributed by atoms with E-state index in [0.29, 0.717) is 35.9 Å². The van der Waals surface area contributed by atoms with Crippen LogP contribution in [0.2, 0.25) is 0 Å². The largest absolute Gasteiger partial charge is 0.382 e. The lowest BCUT2D eigenvalue weighted by atomic mass is 10.2. The molecule has 0 spiro atoms. The Bertz CT molecular complexity index is 1440. The summed E-state index contributed by atoms with van der Waals surface area (Å²) in [7, 11) is -4.39. The van der Waals surface area contributed by atoms with Crippen molar-refractivity contribution in [1.82, 2.24) is 15.0 Å². The van der Waals surface area contributed by atoms with E-state index in [4.69, 9.17) is 27.4 Å². The van der Waals surface area contributed by atoms with E-state index in [2.05, 4.69) is 10.3 Å². The maximum absolute atomic E-state index is 13.5. The fraction of sp³-hybridized carbons (Fsp3) is 0.273. The molecular formula is C22H21Cl2N5O5S2. The predicted molar refractivity (Wildman–Crippen MR) is 141 cm³/mol. The van der Waals surface area contributed by atoms with Crippen LogP contribution in [0.1, 0.15) is 10.8 Å². The van der Waals surface area contributed by atoms with E-state index < -0.39 is 20.3 Å². The van der Waals surface area contributed by atoms with Crippen LogP contribution in [-0.4, -0.2) is 53.2 Å². The third-order valence-corrected chi connectivity index (χ3v) is 8.16. The summed E-state index contributed by atoms with van der Waals surface area (Å²) in [4.78, 5) is 13.0. The number of aromatic nitrogens is 3. The molecule has 0 saturated carbocycles. The van der Waals surface area contributed by atoms with E-state index >= 15 is 0 Å². The molecule has 0 fully saturated rings. The third kappa shape index (κ3) is 5.72. The van der Waals surface area contributed by atoms with Gasteiger partial charge in [0.2, 0.25) is 0 Å². The molecule has 36 heavy (non-hydrogen) atoms. The van der Waals surface area contributed by atoms with Crippen LogP contribution in [0.4, 0.5) is 10.7 Å². The molecule has 4 rings (SSSR count). The monoisotopic (exact) mass is 569 g/mol. The molecule has 10 nitrogen and oxygen atoms in total. The van der Waals surface area contributed by atoms with E-state index in [9.17, 15) is 18.5 Å². The number of hydrogen-bond donors (Lipinski definition) is 0. The molecule has 2 heterocycles. The van der Waals surface area contributed by atoms with Crippen molar-refractivity contribution in [2.75, 3.05) is 29.7 Å². The summed E-state index contributed by atoms with van der Waals surface area (Å²) in [6.07, 6.45) is 0. The Labute approximate surface area is 221 Å². The van der Waals surface area contributed by atoms with Gasteiger partial charge in [-0.25, -0.2) is 4.68 Å². The Morgan fingerprint density at radius 3 is 2.44 bits per heavy atom. The minimum atomic E-state index is -4.39. The van der Waals surface area contributed by atoms with Crippen LogP contribution in [-0.2, 0) is 16.7 Å². The number of hydrogen-bond acceptors (Lipinski definition) is 9. The molecular weight excluding hydrogens is 549 g/mol. The van der Waals surface area contributed by atoms with Crippen molar-refractivity contribution < 1.29 is 17.5 Å². The lowest BCUT2D eigenvalue weighted by Crippen LogP contribution is -2.27. The topological polar surface area (TPSA) is 120 Å². The van der Waals surface area contributed by atoms with Gasteiger partial charge in [-0.3, -0.25) is 10.1 Å². The van der Waals surface area contributed by atoms with Crippen LogP contribution in [0.5, 0.6) is 5.75 Å². The Hall–Kier alpha value is -2.93. The Morgan fingerprint density at radius 2 is 1.78 bits per heavy atom. The maximum Gasteiger partial charge on any atom is 0.328 e. The third-order valence-electron chi connectivity index (χ3n) is 5.42. The van der Waals surface area contributed by atoms with Crippen molar-refractivity contribution in [3.8, 4) is 5.75 Å². The Balaban J connectivity index is 1.67. The van der Waals surface area contributed by atoms with Gasteiger partial charge in [-0.1, -0.05) is 28.7 Å². The van der Waals surface area contributed by atoms with Crippen molar-refractivity contribution in [2.45, 2.75) is 11.8 Å². The van der Waals surface area contributed by atoms with Gasteiger partial charge in [-0.05, 0) is 47.8 Å². The van der Waals surface area contributed by atoms with Crippen LogP contribution in [0, 0.1) is 10.1 Å². The van der Waals surface area contributed by atoms with Crippen LogP contribution in [0.3, 0.4) is 0 Å². The van der Waals surface area contributed by atoms with E-state index in [1.54, 1.807) is 36.4 Å². The fourth-order valence-electron chi connectivity index (χ4n) is 3.74. The van der Waals surface area contributed by atoms with Crippen molar-refractivity contribution >= 4 is 66.4 Å². The van der Waals surface area contributed by atoms with Crippen LogP contribution in [0.25, 0.3) is 11.0 Å². The van der Waals surface area contributed by atoms with Crippen LogP contribution >= 0.6 is 34.5 Å². The van der Waals surface area contributed by atoms with Crippen LogP contribution < -0.4 is 9.08 Å². The molecule has 0 aliphatic carbocycles. The lowest BCUT2D eigenvalue weighted by Gasteiger charge is -2.23. The van der Waals surface area contributed by atoms with Crippen molar-refractivity contribution in [3.05, 3.63) is 75.7 Å². The first-order chi connectivity index (χ1) is 17.3. The van der Waals surface area contributed by atoms with E-state index in [1.807, 2.05) is 4.90 Å². The smallest absolute Gasteiger partial charge is 0.328 e.